The van der Waals surface area contributed by atoms with Gasteiger partial charge in [-0.1, -0.05) is 37.3 Å². The van der Waals surface area contributed by atoms with Gasteiger partial charge in [0, 0.05) is 0 Å². The molecule has 0 aliphatic carbocycles. The van der Waals surface area contributed by atoms with Crippen LogP contribution in [0.5, 0.6) is 0 Å². The molecule has 2 atom stereocenters. The minimum atomic E-state index is -0.0336. The van der Waals surface area contributed by atoms with Crippen LogP contribution in [0.4, 0.5) is 0 Å². The highest BCUT2D eigenvalue weighted by Crippen LogP contribution is 2.19. The predicted molar refractivity (Wildman–Crippen MR) is 82.4 cm³/mol. The van der Waals surface area contributed by atoms with Crippen LogP contribution in [-0.4, -0.2) is 29.9 Å². The third-order valence-corrected chi connectivity index (χ3v) is 4.40. The van der Waals surface area contributed by atoms with Crippen LogP contribution in [0.25, 0.3) is 0 Å². The Kier molecular flexibility index (Phi) is 5.18. The summed E-state index contributed by atoms with van der Waals surface area (Å²) in [6.07, 6.45) is 2.40. The number of nitrogens with zero attached hydrogens (tertiary/aromatic N) is 1. The molecule has 1 N–H and O–H groups in total. The summed E-state index contributed by atoms with van der Waals surface area (Å²) in [4.78, 5) is 14.7. The number of carbonyl (C=O) groups excluding carboxylic acids is 1. The number of rotatable bonds is 4. The molecule has 1 aromatic carbocycles. The monoisotopic (exact) mass is 274 g/mol. The van der Waals surface area contributed by atoms with Crippen molar-refractivity contribution in [1.82, 2.24) is 10.2 Å². The average molecular weight is 274 g/mol. The van der Waals surface area contributed by atoms with E-state index in [2.05, 4.69) is 29.3 Å². The summed E-state index contributed by atoms with van der Waals surface area (Å²) in [7, 11) is 0. The molecule has 0 spiro atoms. The van der Waals surface area contributed by atoms with Crippen LogP contribution < -0.4 is 5.32 Å². The number of benzene rings is 1. The van der Waals surface area contributed by atoms with Gasteiger partial charge in [-0.3, -0.25) is 9.69 Å². The van der Waals surface area contributed by atoms with E-state index < -0.39 is 0 Å². The number of amides is 1. The Morgan fingerprint density at radius 3 is 2.40 bits per heavy atom. The summed E-state index contributed by atoms with van der Waals surface area (Å²) >= 11 is 0. The minimum Gasteiger partial charge on any atom is -0.348 e. The molecule has 1 saturated heterocycles. The molecule has 2 unspecified atom stereocenters. The zero-order valence-electron chi connectivity index (χ0n) is 12.8. The third kappa shape index (κ3) is 3.83. The average Bonchev–Trinajstić information content (AvgIpc) is 2.48. The van der Waals surface area contributed by atoms with Gasteiger partial charge in [0.1, 0.15) is 0 Å². The van der Waals surface area contributed by atoms with Crippen LogP contribution >= 0.6 is 0 Å². The second kappa shape index (κ2) is 6.89. The van der Waals surface area contributed by atoms with Gasteiger partial charge in [0.25, 0.3) is 0 Å². The van der Waals surface area contributed by atoms with Crippen molar-refractivity contribution in [3.63, 3.8) is 0 Å². The number of carbonyl (C=O) groups is 1. The highest BCUT2D eigenvalue weighted by atomic mass is 16.2. The molecule has 1 amide bonds. The van der Waals surface area contributed by atoms with Gasteiger partial charge in [0.05, 0.1) is 12.1 Å². The molecule has 2 rings (SSSR count). The Hall–Kier alpha value is -1.35. The number of nitrogens with one attached hydrogen (secondary N) is 1. The zero-order chi connectivity index (χ0) is 14.5. The van der Waals surface area contributed by atoms with Crippen molar-refractivity contribution in [3.05, 3.63) is 35.9 Å². The van der Waals surface area contributed by atoms with E-state index in [-0.39, 0.29) is 18.0 Å². The second-order valence-corrected chi connectivity index (χ2v) is 6.04. The maximum Gasteiger partial charge on any atom is 0.237 e. The van der Waals surface area contributed by atoms with Crippen LogP contribution in [0, 0.1) is 5.92 Å². The SMILES string of the molecule is CC1CCN(C(C)C(=O)NC(C)c2ccccc2)CC1. The van der Waals surface area contributed by atoms with Crippen LogP contribution in [0.3, 0.4) is 0 Å². The van der Waals surface area contributed by atoms with Crippen LogP contribution in [0.1, 0.15) is 45.2 Å². The number of likely N-dealkylation sites (tertiary alicyclic amines) is 1. The molecule has 0 bridgehead atoms. The quantitative estimate of drug-likeness (QED) is 0.915. The Bertz CT molecular complexity index is 424. The number of piperidine rings is 1. The van der Waals surface area contributed by atoms with Crippen molar-refractivity contribution in [3.8, 4) is 0 Å². The molecule has 0 saturated carbocycles. The summed E-state index contributed by atoms with van der Waals surface area (Å²) in [5.74, 6) is 0.931. The summed E-state index contributed by atoms with van der Waals surface area (Å²) in [5.41, 5.74) is 1.15. The van der Waals surface area contributed by atoms with Gasteiger partial charge in [-0.2, -0.15) is 0 Å². The fourth-order valence-electron chi connectivity index (χ4n) is 2.74. The Balaban J connectivity index is 1.88. The van der Waals surface area contributed by atoms with E-state index in [1.165, 1.54) is 12.8 Å². The van der Waals surface area contributed by atoms with Crippen molar-refractivity contribution < 1.29 is 4.79 Å². The molecule has 110 valence electrons. The summed E-state index contributed by atoms with van der Waals surface area (Å²) < 4.78 is 0. The highest BCUT2D eigenvalue weighted by molar-refractivity contribution is 5.81. The molecular formula is C17H26N2O. The molecule has 1 fully saturated rings. The van der Waals surface area contributed by atoms with E-state index >= 15 is 0 Å². The summed E-state index contributed by atoms with van der Waals surface area (Å²) in [6.45, 7) is 8.42. The van der Waals surface area contributed by atoms with E-state index in [1.54, 1.807) is 0 Å². The Labute approximate surface area is 122 Å². The van der Waals surface area contributed by atoms with Gasteiger partial charge >= 0.3 is 0 Å². The lowest BCUT2D eigenvalue weighted by Crippen LogP contribution is -2.48. The lowest BCUT2D eigenvalue weighted by Gasteiger charge is -2.34. The minimum absolute atomic E-state index is 0.0336. The molecule has 20 heavy (non-hydrogen) atoms. The van der Waals surface area contributed by atoms with Gasteiger partial charge in [-0.25, -0.2) is 0 Å². The molecule has 3 nitrogen and oxygen atoms in total. The number of hydrogen-bond donors (Lipinski definition) is 1. The molecule has 1 aliphatic heterocycles. The third-order valence-electron chi connectivity index (χ3n) is 4.40. The lowest BCUT2D eigenvalue weighted by atomic mass is 9.98. The molecular weight excluding hydrogens is 248 g/mol. The van der Waals surface area contributed by atoms with Crippen molar-refractivity contribution in [2.75, 3.05) is 13.1 Å². The predicted octanol–water partition coefficient (Wildman–Crippen LogP) is 2.98. The van der Waals surface area contributed by atoms with E-state index in [4.69, 9.17) is 0 Å². The Morgan fingerprint density at radius 2 is 1.80 bits per heavy atom. The summed E-state index contributed by atoms with van der Waals surface area (Å²) in [6, 6.07) is 10.1. The molecule has 1 aliphatic rings. The van der Waals surface area contributed by atoms with Gasteiger partial charge in [-0.05, 0) is 51.3 Å². The van der Waals surface area contributed by atoms with Gasteiger partial charge in [0.2, 0.25) is 5.91 Å². The highest BCUT2D eigenvalue weighted by Gasteiger charge is 2.25. The van der Waals surface area contributed by atoms with Crippen molar-refractivity contribution in [1.29, 1.82) is 0 Å². The van der Waals surface area contributed by atoms with Crippen molar-refractivity contribution >= 4 is 5.91 Å². The van der Waals surface area contributed by atoms with Gasteiger partial charge < -0.3 is 5.32 Å². The van der Waals surface area contributed by atoms with E-state index in [9.17, 15) is 4.79 Å². The van der Waals surface area contributed by atoms with Crippen molar-refractivity contribution in [2.24, 2.45) is 5.92 Å². The fraction of sp³-hybridized carbons (Fsp3) is 0.588. The fourth-order valence-corrected chi connectivity index (χ4v) is 2.74. The first-order valence-corrected chi connectivity index (χ1v) is 7.67. The largest absolute Gasteiger partial charge is 0.348 e. The maximum atomic E-state index is 12.4. The Morgan fingerprint density at radius 1 is 1.20 bits per heavy atom. The van der Waals surface area contributed by atoms with E-state index in [1.807, 2.05) is 32.0 Å². The van der Waals surface area contributed by atoms with E-state index in [0.29, 0.717) is 0 Å². The van der Waals surface area contributed by atoms with Crippen LogP contribution in [-0.2, 0) is 4.79 Å². The lowest BCUT2D eigenvalue weighted by molar-refractivity contribution is -0.127. The first kappa shape index (κ1) is 15.0. The normalized spacial score (nSPS) is 20.4. The first-order chi connectivity index (χ1) is 9.58. The number of hydrogen-bond acceptors (Lipinski definition) is 2. The smallest absolute Gasteiger partial charge is 0.237 e. The topological polar surface area (TPSA) is 32.3 Å². The van der Waals surface area contributed by atoms with Crippen LogP contribution in [0.15, 0.2) is 30.3 Å². The standard InChI is InChI=1S/C17H26N2O/c1-13-9-11-19(12-10-13)15(3)17(20)18-14(2)16-7-5-4-6-8-16/h4-8,13-15H,9-12H2,1-3H3,(H,18,20). The van der Waals surface area contributed by atoms with E-state index in [0.717, 1.165) is 24.6 Å². The van der Waals surface area contributed by atoms with Crippen molar-refractivity contribution in [2.45, 2.75) is 45.7 Å². The molecule has 0 aromatic heterocycles. The first-order valence-electron chi connectivity index (χ1n) is 7.67. The summed E-state index contributed by atoms with van der Waals surface area (Å²) in [5, 5.41) is 3.12. The van der Waals surface area contributed by atoms with Gasteiger partial charge in [0.15, 0.2) is 0 Å². The molecule has 1 aromatic rings. The zero-order valence-corrected chi connectivity index (χ0v) is 12.8. The van der Waals surface area contributed by atoms with Crippen LogP contribution in [0.2, 0.25) is 0 Å². The molecule has 0 radical (unpaired) electrons. The maximum absolute atomic E-state index is 12.4. The second-order valence-electron chi connectivity index (χ2n) is 6.04. The molecule has 1 heterocycles. The molecule has 3 heteroatoms. The van der Waals surface area contributed by atoms with Gasteiger partial charge in [-0.15, -0.1) is 0 Å².